The monoisotopic (exact) mass is 438 g/mol. The normalized spacial score (nSPS) is 29.7. The molecule has 2 N–H and O–H groups in total. The molecule has 0 heterocycles. The van der Waals surface area contributed by atoms with Gasteiger partial charge in [-0.15, -0.1) is 12.4 Å². The molecule has 0 aromatic heterocycles. The molecule has 1 amide bonds. The Hall–Kier alpha value is -0.770. The molecule has 0 aliphatic heterocycles. The van der Waals surface area contributed by atoms with Gasteiger partial charge in [0, 0.05) is 12.6 Å². The summed E-state index contributed by atoms with van der Waals surface area (Å²) in [7, 11) is 0. The summed E-state index contributed by atoms with van der Waals surface area (Å²) in [5.41, 5.74) is 2.19. The lowest BCUT2D eigenvalue weighted by Crippen LogP contribution is -2.51. The first-order valence-corrected chi connectivity index (χ1v) is 11.6. The van der Waals surface area contributed by atoms with E-state index >= 15 is 0 Å². The van der Waals surface area contributed by atoms with E-state index in [2.05, 4.69) is 24.5 Å². The number of benzene rings is 1. The fourth-order valence-electron chi connectivity index (χ4n) is 6.45. The predicted octanol–water partition coefficient (Wildman–Crippen LogP) is 5.64. The van der Waals surface area contributed by atoms with Crippen molar-refractivity contribution in [3.8, 4) is 0 Å². The quantitative estimate of drug-likeness (QED) is 0.515. The van der Waals surface area contributed by atoms with E-state index in [4.69, 9.17) is 11.6 Å². The van der Waals surface area contributed by atoms with E-state index in [1.807, 2.05) is 18.2 Å². The molecule has 4 bridgehead atoms. The average molecular weight is 439 g/mol. The Bertz CT molecular complexity index is 684. The third-order valence-electron chi connectivity index (χ3n) is 7.26. The summed E-state index contributed by atoms with van der Waals surface area (Å²) in [4.78, 5) is 12.9. The fraction of sp³-hybridized carbons (Fsp3) is 0.708. The molecule has 1 aromatic rings. The molecule has 5 rings (SSSR count). The molecule has 162 valence electrons. The molecule has 0 atom stereocenters. The summed E-state index contributed by atoms with van der Waals surface area (Å²) in [5.74, 6) is 2.74. The van der Waals surface area contributed by atoms with Crippen molar-refractivity contribution in [2.24, 2.45) is 23.2 Å². The number of carbonyl (C=O) groups excluding carboxylic acids is 1. The Morgan fingerprint density at radius 1 is 1.14 bits per heavy atom. The summed E-state index contributed by atoms with van der Waals surface area (Å²) in [6, 6.07) is 6.43. The Balaban J connectivity index is 0.00000240. The van der Waals surface area contributed by atoms with Crippen LogP contribution in [0, 0.1) is 23.2 Å². The molecule has 4 fully saturated rings. The van der Waals surface area contributed by atoms with Crippen LogP contribution in [0.4, 0.5) is 0 Å². The van der Waals surface area contributed by atoms with Gasteiger partial charge < -0.3 is 10.6 Å². The van der Waals surface area contributed by atoms with Crippen molar-refractivity contribution in [1.29, 1.82) is 0 Å². The van der Waals surface area contributed by atoms with E-state index < -0.39 is 0 Å². The van der Waals surface area contributed by atoms with Gasteiger partial charge in [0.1, 0.15) is 0 Å². The van der Waals surface area contributed by atoms with Gasteiger partial charge in [0.05, 0.1) is 10.6 Å². The second kappa shape index (κ2) is 9.58. The zero-order valence-corrected chi connectivity index (χ0v) is 19.4. The van der Waals surface area contributed by atoms with E-state index in [9.17, 15) is 4.79 Å². The van der Waals surface area contributed by atoms with Crippen LogP contribution < -0.4 is 10.6 Å². The zero-order chi connectivity index (χ0) is 19.7. The van der Waals surface area contributed by atoms with Gasteiger partial charge in [0.2, 0.25) is 0 Å². The number of amides is 1. The van der Waals surface area contributed by atoms with Crippen LogP contribution in [0.1, 0.15) is 74.7 Å². The Labute approximate surface area is 187 Å². The first-order valence-electron chi connectivity index (χ1n) is 11.2. The topological polar surface area (TPSA) is 41.1 Å². The van der Waals surface area contributed by atoms with Crippen LogP contribution in [-0.2, 0) is 6.42 Å². The third kappa shape index (κ3) is 5.48. The molecule has 5 heteroatoms. The number of halogens is 2. The highest BCUT2D eigenvalue weighted by Gasteiger charge is 2.50. The van der Waals surface area contributed by atoms with Crippen LogP contribution >= 0.6 is 24.0 Å². The van der Waals surface area contributed by atoms with Crippen LogP contribution in [0.25, 0.3) is 0 Å². The van der Waals surface area contributed by atoms with Crippen molar-refractivity contribution in [2.75, 3.05) is 13.1 Å². The zero-order valence-electron chi connectivity index (χ0n) is 17.8. The molecule has 4 saturated carbocycles. The van der Waals surface area contributed by atoms with Gasteiger partial charge in [-0.3, -0.25) is 4.79 Å². The van der Waals surface area contributed by atoms with Gasteiger partial charge in [-0.2, -0.15) is 0 Å². The lowest BCUT2D eigenvalue weighted by Gasteiger charge is -2.56. The summed E-state index contributed by atoms with van der Waals surface area (Å²) in [6.45, 7) is 6.14. The van der Waals surface area contributed by atoms with Crippen LogP contribution in [0.3, 0.4) is 0 Å². The van der Waals surface area contributed by atoms with Gasteiger partial charge in [0.15, 0.2) is 0 Å². The Kier molecular flexibility index (Phi) is 7.56. The van der Waals surface area contributed by atoms with Crippen molar-refractivity contribution < 1.29 is 4.79 Å². The van der Waals surface area contributed by atoms with Crippen molar-refractivity contribution >= 4 is 29.9 Å². The molecule has 0 unspecified atom stereocenters. The molecular formula is C24H36Cl2N2O. The van der Waals surface area contributed by atoms with Gasteiger partial charge in [0.25, 0.3) is 5.91 Å². The van der Waals surface area contributed by atoms with Crippen LogP contribution in [0.2, 0.25) is 5.02 Å². The van der Waals surface area contributed by atoms with Crippen molar-refractivity contribution in [3.05, 3.63) is 34.3 Å². The maximum absolute atomic E-state index is 12.9. The molecule has 4 aliphatic rings. The standard InChI is InChI=1S/C24H35ClN2O.ClH/c1-16(2)26-7-3-4-17-5-6-22(25)21(11-17)23(28)27-15-24-12-18-8-19(13-24)10-20(9-18)14-24;/h5-6,11,16,18-20,26H,3-4,7-10,12-15H2,1-2H3,(H,27,28);1H. The van der Waals surface area contributed by atoms with Crippen LogP contribution in [0.15, 0.2) is 18.2 Å². The summed E-state index contributed by atoms with van der Waals surface area (Å²) in [5, 5.41) is 7.28. The lowest BCUT2D eigenvalue weighted by atomic mass is 9.49. The molecular weight excluding hydrogens is 403 g/mol. The molecule has 0 spiro atoms. The molecule has 3 nitrogen and oxygen atoms in total. The van der Waals surface area contributed by atoms with Crippen molar-refractivity contribution in [3.63, 3.8) is 0 Å². The van der Waals surface area contributed by atoms with E-state index in [0.717, 1.165) is 43.7 Å². The number of rotatable bonds is 8. The number of hydrogen-bond donors (Lipinski definition) is 2. The molecule has 4 aliphatic carbocycles. The van der Waals surface area contributed by atoms with Crippen molar-refractivity contribution in [1.82, 2.24) is 10.6 Å². The summed E-state index contributed by atoms with van der Waals surface area (Å²) >= 11 is 6.38. The van der Waals surface area contributed by atoms with E-state index in [1.54, 1.807) is 0 Å². The van der Waals surface area contributed by atoms with E-state index in [-0.39, 0.29) is 18.3 Å². The van der Waals surface area contributed by atoms with Crippen molar-refractivity contribution in [2.45, 2.75) is 71.3 Å². The number of nitrogens with one attached hydrogen (secondary N) is 2. The average Bonchev–Trinajstić information content (AvgIpc) is 2.63. The minimum absolute atomic E-state index is 0. The van der Waals surface area contributed by atoms with Crippen LogP contribution in [-0.4, -0.2) is 25.0 Å². The van der Waals surface area contributed by atoms with Gasteiger partial charge >= 0.3 is 0 Å². The molecule has 1 aromatic carbocycles. The highest BCUT2D eigenvalue weighted by atomic mass is 35.5. The number of aryl methyl sites for hydroxylation is 1. The maximum atomic E-state index is 12.9. The highest BCUT2D eigenvalue weighted by Crippen LogP contribution is 2.59. The Morgan fingerprint density at radius 3 is 2.34 bits per heavy atom. The fourth-order valence-corrected chi connectivity index (χ4v) is 6.66. The van der Waals surface area contributed by atoms with Gasteiger partial charge in [-0.1, -0.05) is 31.5 Å². The summed E-state index contributed by atoms with van der Waals surface area (Å²) in [6.07, 6.45) is 10.3. The highest BCUT2D eigenvalue weighted by molar-refractivity contribution is 6.33. The molecule has 0 saturated heterocycles. The van der Waals surface area contributed by atoms with Crippen LogP contribution in [0.5, 0.6) is 0 Å². The second-order valence-corrected chi connectivity index (χ2v) is 10.5. The van der Waals surface area contributed by atoms with E-state index in [1.165, 1.54) is 44.1 Å². The minimum atomic E-state index is 0. The number of hydrogen-bond acceptors (Lipinski definition) is 2. The first kappa shape index (κ1) is 22.9. The van der Waals surface area contributed by atoms with E-state index in [0.29, 0.717) is 22.0 Å². The van der Waals surface area contributed by atoms with Gasteiger partial charge in [-0.05, 0) is 98.8 Å². The lowest BCUT2D eigenvalue weighted by molar-refractivity contribution is -0.0503. The SMILES string of the molecule is CC(C)NCCCc1ccc(Cl)c(C(=O)NCC23CC4CC(CC(C4)C2)C3)c1.Cl. The van der Waals surface area contributed by atoms with Gasteiger partial charge in [-0.25, -0.2) is 0 Å². The summed E-state index contributed by atoms with van der Waals surface area (Å²) < 4.78 is 0. The first-order chi connectivity index (χ1) is 13.4. The number of carbonyl (C=O) groups is 1. The molecule has 29 heavy (non-hydrogen) atoms. The molecule has 0 radical (unpaired) electrons. The predicted molar refractivity (Wildman–Crippen MR) is 123 cm³/mol. The smallest absolute Gasteiger partial charge is 0.252 e. The minimum Gasteiger partial charge on any atom is -0.351 e. The Morgan fingerprint density at radius 2 is 1.76 bits per heavy atom. The maximum Gasteiger partial charge on any atom is 0.252 e. The largest absolute Gasteiger partial charge is 0.351 e. The third-order valence-corrected chi connectivity index (χ3v) is 7.59. The second-order valence-electron chi connectivity index (χ2n) is 10.1.